The van der Waals surface area contributed by atoms with Gasteiger partial charge in [-0.15, -0.1) is 22.7 Å². The van der Waals surface area contributed by atoms with Crippen molar-refractivity contribution >= 4 is 117 Å². The lowest BCUT2D eigenvalue weighted by atomic mass is 9.86. The Morgan fingerprint density at radius 1 is 0.652 bits per heavy atom. The molecule has 32 heteroatoms. The second-order valence-corrected chi connectivity index (χ2v) is 27.2. The van der Waals surface area contributed by atoms with Crippen LogP contribution >= 0.6 is 61.2 Å². The number of H-pyrrole nitrogens is 1. The number of nitrogen functional groups attached to an aromatic ring is 2. The number of aromatic amines is 1. The zero-order chi connectivity index (χ0) is 65.6. The van der Waals surface area contributed by atoms with Crippen LogP contribution in [0.25, 0.3) is 20.9 Å². The first kappa shape index (κ1) is 73.0. The Hall–Kier alpha value is -6.69. The average Bonchev–Trinajstić information content (AvgIpc) is 2.01. The van der Waals surface area contributed by atoms with Crippen LogP contribution in [0.3, 0.4) is 0 Å². The third kappa shape index (κ3) is 22.9. The number of sulfonamides is 2. The summed E-state index contributed by atoms with van der Waals surface area (Å²) in [5.74, 6) is 1.65. The van der Waals surface area contributed by atoms with Gasteiger partial charge in [0.05, 0.1) is 41.8 Å². The molecule has 2 fully saturated rings. The van der Waals surface area contributed by atoms with Crippen LogP contribution in [0.1, 0.15) is 115 Å². The van der Waals surface area contributed by atoms with Crippen molar-refractivity contribution < 1.29 is 35.9 Å². The van der Waals surface area contributed by atoms with Crippen molar-refractivity contribution in [2.75, 3.05) is 34.8 Å². The van der Waals surface area contributed by atoms with Gasteiger partial charge in [-0.3, -0.25) is 14.4 Å². The van der Waals surface area contributed by atoms with Gasteiger partial charge in [0.15, 0.2) is 5.82 Å². The highest BCUT2D eigenvalue weighted by Crippen LogP contribution is 2.42. The number of benzene rings is 2. The molecule has 0 bridgehead atoms. The van der Waals surface area contributed by atoms with E-state index in [2.05, 4.69) is 94.3 Å². The zero-order valence-corrected chi connectivity index (χ0v) is 57.8. The maximum atomic E-state index is 13.2. The van der Waals surface area contributed by atoms with Crippen LogP contribution in [0.4, 0.5) is 32.7 Å². The number of nitrogens with zero attached hydrogens (tertiary/aromatic N) is 7. The van der Waals surface area contributed by atoms with E-state index in [-0.39, 0.29) is 75.4 Å². The highest BCUT2D eigenvalue weighted by atomic mass is 127. The molecule has 9 rings (SSSR count). The summed E-state index contributed by atoms with van der Waals surface area (Å²) in [4.78, 5) is 69.5. The van der Waals surface area contributed by atoms with Crippen molar-refractivity contribution in [2.24, 2.45) is 14.1 Å². The van der Waals surface area contributed by atoms with E-state index in [1.54, 1.807) is 70.7 Å². The number of halogens is 2. The second kappa shape index (κ2) is 35.1. The molecule has 0 atom stereocenters. The second-order valence-electron chi connectivity index (χ2n) is 20.6. The molecule has 26 nitrogen and oxygen atoms in total. The lowest BCUT2D eigenvalue weighted by Crippen LogP contribution is -2.38. The maximum Gasteiger partial charge on any atom is 0.407 e. The molecule has 0 saturated heterocycles. The van der Waals surface area contributed by atoms with Crippen LogP contribution in [-0.2, 0) is 43.6 Å². The van der Waals surface area contributed by atoms with E-state index in [0.717, 1.165) is 71.1 Å². The minimum Gasteiger partial charge on any atom is -0.447 e. The van der Waals surface area contributed by atoms with E-state index >= 15 is 0 Å². The van der Waals surface area contributed by atoms with Gasteiger partial charge in [-0.2, -0.15) is 15.3 Å². The molecule has 0 unspecified atom stereocenters. The fourth-order valence-corrected chi connectivity index (χ4v) is 14.5. The largest absolute Gasteiger partial charge is 0.447 e. The average molecular weight is 1480 g/mol. The molecule has 2 amide bonds. The Labute approximate surface area is 547 Å². The number of anilines is 4. The van der Waals surface area contributed by atoms with Gasteiger partial charge < -0.3 is 36.9 Å². The summed E-state index contributed by atoms with van der Waals surface area (Å²) >= 11 is 8.55. The van der Waals surface area contributed by atoms with Crippen LogP contribution in [0.15, 0.2) is 114 Å². The minimum absolute atomic E-state index is 0.0744. The molecule has 0 aliphatic heterocycles. The van der Waals surface area contributed by atoms with E-state index in [1.807, 2.05) is 44.8 Å². The van der Waals surface area contributed by atoms with E-state index in [0.29, 0.717) is 51.2 Å². The Kier molecular flexibility index (Phi) is 28.8. The van der Waals surface area contributed by atoms with E-state index in [9.17, 15) is 40.8 Å². The first-order valence-electron chi connectivity index (χ1n) is 28.3. The summed E-state index contributed by atoms with van der Waals surface area (Å²) in [6.45, 7) is 11.4. The first-order valence-corrected chi connectivity index (χ1v) is 35.9. The van der Waals surface area contributed by atoms with Crippen LogP contribution in [0.5, 0.6) is 0 Å². The number of alkyl carbamates (subject to hydrolysis) is 2. The van der Waals surface area contributed by atoms with Gasteiger partial charge >= 0.3 is 12.2 Å². The summed E-state index contributed by atoms with van der Waals surface area (Å²) in [6, 6.07) is 19.1. The molecule has 2 saturated carbocycles. The third-order valence-electron chi connectivity index (χ3n) is 13.1. The minimum atomic E-state index is -3.80. The quantitative estimate of drug-likeness (QED) is 0.0330. The topological polar surface area (TPSA) is 374 Å². The van der Waals surface area contributed by atoms with Crippen LogP contribution in [0, 0.1) is 0 Å². The first-order chi connectivity index (χ1) is 42.2. The molecule has 0 radical (unpaired) electrons. The highest BCUT2D eigenvalue weighted by Gasteiger charge is 2.30. The van der Waals surface area contributed by atoms with Gasteiger partial charge in [-0.1, -0.05) is 64.5 Å². The third-order valence-corrected chi connectivity index (χ3v) is 19.2. The molecule has 2 aliphatic rings. The van der Waals surface area contributed by atoms with E-state index in [1.165, 1.54) is 62.4 Å². The summed E-state index contributed by atoms with van der Waals surface area (Å²) in [7, 11) is -4.31. The standard InChI is InChI=1S/C26H34N6O5S2.C21H28BrN3O4S2.C5H7N3O.C4H5N3O.CH3I/c1-5-28-39(35,36)22-14-19(29-23-12-13-24(33)32(4)31-23)10-11-20(22)21-15-27-25(38-21)17-6-8-18(9-7-17)30-26(34)37-16(2)3;1-4-24-31(27,28)19-11-15(22)7-10-17(19)18-12-23-20(30-18)14-5-8-16(9-6-14)25-21(26)29-13(2)3;1-8-5(9)3-2-4(6)7-8;5-3-1-2-4(8)7-6-3;1-2/h10-18,28H,5-9H2,1-4H3,(H,29,31)(H,30,34);7,10-14,16,24H,4-6,8-9H2,1-3H3,(H,25,26);2-3H,1H3,(H2,6,7);1-2H,(H2,5,6)(H,7,8);1H3. The molecule has 2 aliphatic carbocycles. The van der Waals surface area contributed by atoms with Gasteiger partial charge in [-0.05, 0) is 126 Å². The van der Waals surface area contributed by atoms with E-state index < -0.39 is 20.0 Å². The number of carbonyl (C=O) groups excluding carboxylic acids is 2. The van der Waals surface area contributed by atoms with Gasteiger partial charge in [-0.25, -0.2) is 60.3 Å². The fourth-order valence-electron chi connectivity index (χ4n) is 9.08. The Bertz CT molecular complexity index is 3850. The lowest BCUT2D eigenvalue weighted by molar-refractivity contribution is 0.108. The van der Waals surface area contributed by atoms with Crippen molar-refractivity contribution in [3.63, 3.8) is 0 Å². The number of carbonyl (C=O) groups is 2. The summed E-state index contributed by atoms with van der Waals surface area (Å²) in [5, 5.41) is 24.3. The number of aromatic nitrogens is 8. The number of nitrogens with two attached hydrogens (primary N) is 2. The molecule has 89 heavy (non-hydrogen) atoms. The zero-order valence-electron chi connectivity index (χ0n) is 50.8. The van der Waals surface area contributed by atoms with Crippen LogP contribution < -0.4 is 53.5 Å². The van der Waals surface area contributed by atoms with E-state index in [4.69, 9.17) is 20.9 Å². The van der Waals surface area contributed by atoms with Gasteiger partial charge in [0.2, 0.25) is 20.0 Å². The van der Waals surface area contributed by atoms with Crippen LogP contribution in [-0.4, -0.2) is 111 Å². The molecule has 2 aromatic carbocycles. The van der Waals surface area contributed by atoms with Gasteiger partial charge in [0.25, 0.3) is 16.7 Å². The monoisotopic (exact) mass is 1480 g/mol. The maximum absolute atomic E-state index is 13.2. The number of thiazole rings is 2. The molecule has 10 N–H and O–H groups in total. The Balaban J connectivity index is 0.000000253. The highest BCUT2D eigenvalue weighted by molar-refractivity contribution is 14.1. The Morgan fingerprint density at radius 3 is 1.52 bits per heavy atom. The summed E-state index contributed by atoms with van der Waals surface area (Å²) in [6.07, 6.45) is 9.42. The van der Waals surface area contributed by atoms with Gasteiger partial charge in [0.1, 0.15) is 11.6 Å². The number of hydrogen-bond acceptors (Lipinski definition) is 21. The number of ether oxygens (including phenoxy) is 2. The van der Waals surface area contributed by atoms with Crippen molar-refractivity contribution in [3.05, 3.63) is 131 Å². The Morgan fingerprint density at radius 2 is 1.10 bits per heavy atom. The molecule has 0 spiro atoms. The SMILES string of the molecule is CCNS(=O)(=O)c1cc(Br)ccc1-c1cnc(C2CCC(NC(=O)OC(C)C)CC2)s1.CCNS(=O)(=O)c1cc(Nc2ccc(=O)n(C)n2)ccc1-c1cnc(C2CCC(NC(=O)OC(C)C)CC2)s1.CI.Cn1nc(N)ccc1=O.Nc1ccc(=O)[nH]n1. The van der Waals surface area contributed by atoms with Crippen molar-refractivity contribution in [1.82, 2.24) is 59.8 Å². The summed E-state index contributed by atoms with van der Waals surface area (Å²) in [5.41, 5.74) is 11.5. The van der Waals surface area contributed by atoms with Gasteiger partial charge in [0, 0.05) is 103 Å². The van der Waals surface area contributed by atoms with Crippen molar-refractivity contribution in [2.45, 2.75) is 139 Å². The number of alkyl halides is 1. The number of aryl methyl sites for hydroxylation is 2. The number of hydrogen-bond donors (Lipinski definition) is 8. The summed E-state index contributed by atoms with van der Waals surface area (Å²) < 4.78 is 70.3. The predicted molar refractivity (Wildman–Crippen MR) is 360 cm³/mol. The van der Waals surface area contributed by atoms with Crippen molar-refractivity contribution in [3.8, 4) is 20.9 Å². The number of amides is 2. The smallest absolute Gasteiger partial charge is 0.407 e. The number of rotatable bonds is 16. The number of nitrogens with one attached hydrogen (secondary N) is 6. The predicted octanol–water partition coefficient (Wildman–Crippen LogP) is 8.90. The molecule has 484 valence electrons. The molecule has 5 aromatic heterocycles. The normalized spacial score (nSPS) is 16.3. The van der Waals surface area contributed by atoms with Crippen LogP contribution in [0.2, 0.25) is 0 Å². The molecular weight excluding hydrogens is 1410 g/mol. The van der Waals surface area contributed by atoms with Crippen molar-refractivity contribution in [1.29, 1.82) is 0 Å². The fraction of sp³-hybridized carbons (Fsp3) is 0.439. The lowest BCUT2D eigenvalue weighted by Gasteiger charge is -2.28. The molecule has 5 heterocycles. The molecule has 7 aromatic rings. The molecular formula is C57H77BrIN15O11S4.